The number of rotatable bonds is 17. The fourth-order valence-electron chi connectivity index (χ4n) is 11.8. The lowest BCUT2D eigenvalue weighted by atomic mass is 10.1. The number of nitrogen functional groups attached to an aromatic ring is 1. The number of thiazole rings is 1. The minimum Gasteiger partial charge on any atom is -0.506 e. The van der Waals surface area contributed by atoms with Crippen molar-refractivity contribution < 1.29 is 33.6 Å². The first-order valence-electron chi connectivity index (χ1n) is 39.0. The highest BCUT2D eigenvalue weighted by atomic mass is 79.9. The van der Waals surface area contributed by atoms with Crippen molar-refractivity contribution in [2.45, 2.75) is 41.5 Å². The number of nitrogens with one attached hydrogen (secondary N) is 12. The third kappa shape index (κ3) is 23.2. The molecule has 38 heteroatoms. The van der Waals surface area contributed by atoms with Gasteiger partial charge in [0.15, 0.2) is 22.4 Å². The van der Waals surface area contributed by atoms with Crippen LogP contribution in [0.25, 0.3) is 113 Å². The van der Waals surface area contributed by atoms with E-state index >= 15 is 0 Å². The molecule has 0 saturated heterocycles. The van der Waals surface area contributed by atoms with E-state index in [1.165, 1.54) is 29.5 Å². The van der Waals surface area contributed by atoms with Crippen LogP contribution in [0.2, 0.25) is 0 Å². The molecule has 14 heterocycles. The molecule has 0 aliphatic rings. The van der Waals surface area contributed by atoms with Crippen LogP contribution in [0.1, 0.15) is 67.3 Å². The largest absolute Gasteiger partial charge is 0.506 e. The van der Waals surface area contributed by atoms with Gasteiger partial charge in [0.05, 0.1) is 56.5 Å². The highest BCUT2D eigenvalue weighted by Crippen LogP contribution is 2.33. The second-order valence-electron chi connectivity index (χ2n) is 28.2. The second-order valence-corrected chi connectivity index (χ2v) is 30.3. The minimum atomic E-state index is -0.523. The minimum absolute atomic E-state index is 0.0958. The van der Waals surface area contributed by atoms with Gasteiger partial charge in [0.2, 0.25) is 5.89 Å². The Bertz CT molecular complexity index is 6890. The summed E-state index contributed by atoms with van der Waals surface area (Å²) in [5.41, 5.74) is 24.2. The van der Waals surface area contributed by atoms with Gasteiger partial charge in [-0.15, -0.1) is 11.3 Å². The number of hydrogen-bond donors (Lipinski definition) is 14. The van der Waals surface area contributed by atoms with Crippen LogP contribution in [0.3, 0.4) is 0 Å². The van der Waals surface area contributed by atoms with E-state index < -0.39 is 10.8 Å². The molecule has 6 aromatic carbocycles. The number of nitrogens with two attached hydrogens (primary N) is 1. The number of H-pyrrole nitrogens is 9. The first-order valence-corrected chi connectivity index (χ1v) is 40.6. The number of aromatic hydroxyl groups is 1. The maximum absolute atomic E-state index is 12.2. The number of oxazole rings is 1. The van der Waals surface area contributed by atoms with Crippen molar-refractivity contribution in [1.82, 2.24) is 116 Å². The summed E-state index contributed by atoms with van der Waals surface area (Å²) >= 11 is 4.90. The fraction of sp³-hybridized carbons (Fsp3) is 0.0899. The predicted octanol–water partition coefficient (Wildman–Crippen LogP) is 18.1. The Hall–Kier alpha value is -17.0. The molecular formula is C89H79BrN28O8S. The molecule has 20 aromatic rings. The summed E-state index contributed by atoms with van der Waals surface area (Å²) in [7, 11) is 0. The Morgan fingerprint density at radius 3 is 1.56 bits per heavy atom. The molecule has 636 valence electrons. The number of aromatic amines is 9. The van der Waals surface area contributed by atoms with Gasteiger partial charge in [-0.05, 0) is 185 Å². The summed E-state index contributed by atoms with van der Waals surface area (Å²) in [5.74, 6) is 2.56. The molecule has 0 saturated carbocycles. The van der Waals surface area contributed by atoms with Crippen LogP contribution in [-0.4, -0.2) is 151 Å². The van der Waals surface area contributed by atoms with E-state index in [1.54, 1.807) is 85.6 Å². The average molecular weight is 1780 g/mol. The molecule has 0 bridgehead atoms. The number of carbonyl (C=O) groups excluding carboxylic acids is 3. The molecule has 127 heavy (non-hydrogen) atoms. The number of anilines is 4. The maximum Gasteiger partial charge on any atom is 0.275 e. The van der Waals surface area contributed by atoms with Crippen LogP contribution in [0.4, 0.5) is 27.9 Å². The van der Waals surface area contributed by atoms with Gasteiger partial charge in [-0.3, -0.25) is 80.5 Å². The van der Waals surface area contributed by atoms with E-state index in [1.807, 2.05) is 185 Å². The Kier molecular flexibility index (Phi) is 27.9. The third-order valence-electron chi connectivity index (χ3n) is 17.9. The zero-order valence-electron chi connectivity index (χ0n) is 68.5. The first-order chi connectivity index (χ1) is 61.6. The molecule has 0 aliphatic carbocycles. The van der Waals surface area contributed by atoms with Gasteiger partial charge < -0.3 is 40.6 Å². The molecule has 15 N–H and O–H groups in total. The van der Waals surface area contributed by atoms with E-state index in [9.17, 15) is 29.6 Å². The van der Waals surface area contributed by atoms with Gasteiger partial charge in [0.25, 0.3) is 23.4 Å². The molecule has 0 fully saturated rings. The van der Waals surface area contributed by atoms with Gasteiger partial charge in [0, 0.05) is 86.5 Å². The number of halogens is 1. The number of non-ortho nitro benzene ring substituents is 1. The number of fused-ring (bicyclic) bond motifs is 3. The summed E-state index contributed by atoms with van der Waals surface area (Å²) in [6.07, 6.45) is 8.46. The van der Waals surface area contributed by atoms with E-state index in [4.69, 9.17) is 14.9 Å². The van der Waals surface area contributed by atoms with Gasteiger partial charge in [0.1, 0.15) is 73.8 Å². The number of phenolic OH excluding ortho intramolecular Hbond substituents is 1. The summed E-state index contributed by atoms with van der Waals surface area (Å²) in [5, 5.41) is 77.2. The Morgan fingerprint density at radius 2 is 1.03 bits per heavy atom. The van der Waals surface area contributed by atoms with Crippen LogP contribution in [0.5, 0.6) is 11.5 Å². The summed E-state index contributed by atoms with van der Waals surface area (Å²) in [6.45, 7) is 12.7. The maximum atomic E-state index is 12.2. The smallest absolute Gasteiger partial charge is 0.275 e. The Morgan fingerprint density at radius 1 is 0.504 bits per heavy atom. The number of carbonyl (C=O) groups is 3. The number of phenols is 1. The standard InChI is InChI=1S/C15H11N5O3.C15H12N4O.C13H15BrN2O.C13H11N5OS.2C11H10N4O.C11H10N4/c21-15(17-10-4-3-5-11(8-10)20(22)23)14-9-13(18-19-14)12-6-1-2-7-16-12;20-15(17-11-6-2-1-3-7-11)14-10-13(18-19-14)12-8-4-5-9-16-12;1-9(2)8-17-13-4-3-10(14)7-11(13)12-5-6-15-16-12;1-8-7-15-13(20-8)16-12(19)11-6-10(17-18-11)9-4-2-3-5-14-9;1-6-5-8(15-14-6)11-13-10-7(12)3-2-4-9(10)16-11;1-6-5-8(15-14-6)11-12-7-3-2-4-9(16)10(7)13-11;1-7-6-10(15-14-7)11-12-8-4-2-3-5-9(8)13-11/h1-9H,(H,17,21)(H,18,19);1-10H,(H,17,20)(H,18,19);3-7,9H,8H2,1-2H3,(H,15,16);2-7H,1H3,(H,17,18)(H,15,16,19);2-5H,12H2,1H3,(H,14,15);2-5,16H,1H3,(H,12,13)(H,14,15);2-6H,1H3,(H,12,13)(H,14,15). The number of hydrogen-bond acceptors (Lipinski definition) is 24. The van der Waals surface area contributed by atoms with E-state index in [2.05, 4.69) is 162 Å². The number of ether oxygens (including phenoxy) is 1. The second kappa shape index (κ2) is 41.0. The number of benzene rings is 6. The number of nitro benzene ring substituents is 1. The SMILES string of the molecule is CC(C)COc1ccc(Br)cc1-c1ccn[nH]1.Cc1cc(-c2nc3c(N)cccc3o2)n[nH]1.Cc1cc(-c2nc3c(O)cccc3[nH]2)n[nH]1.Cc1cc(-c2nc3ccccc3[nH]2)n[nH]1.Cc1cnc(NC(=O)c2cc(-c3ccccn3)n[nH]2)s1.O=C(Nc1cccc([N+](=O)[O-])c1)c1cc(-c2ccccn2)n[nH]1.O=C(Nc1ccccc1)c1cc(-c2ccccn2)n[nH]1. The van der Waals surface area contributed by atoms with Crippen LogP contribution in [-0.2, 0) is 0 Å². The van der Waals surface area contributed by atoms with Crippen molar-refractivity contribution in [2.75, 3.05) is 28.3 Å². The first kappa shape index (κ1) is 86.4. The number of nitrogens with zero attached hydrogens (tertiary/aromatic N) is 15. The molecule has 36 nitrogen and oxygen atoms in total. The topological polar surface area (TPSA) is 522 Å². The van der Waals surface area contributed by atoms with Crippen LogP contribution >= 0.6 is 27.3 Å². The fourth-order valence-corrected chi connectivity index (χ4v) is 12.9. The van der Waals surface area contributed by atoms with E-state index in [-0.39, 0.29) is 28.9 Å². The Balaban J connectivity index is 0.000000121. The lowest BCUT2D eigenvalue weighted by molar-refractivity contribution is -0.384. The third-order valence-corrected chi connectivity index (χ3v) is 19.2. The molecule has 0 spiro atoms. The summed E-state index contributed by atoms with van der Waals surface area (Å²) in [6, 6.07) is 68.7. The quantitative estimate of drug-likeness (QED) is 0.0229. The van der Waals surface area contributed by atoms with Crippen LogP contribution in [0.15, 0.2) is 270 Å². The Labute approximate surface area is 734 Å². The predicted molar refractivity (Wildman–Crippen MR) is 487 cm³/mol. The van der Waals surface area contributed by atoms with Crippen molar-refractivity contribution in [3.63, 3.8) is 0 Å². The van der Waals surface area contributed by atoms with E-state index in [0.717, 1.165) is 88.6 Å². The van der Waals surface area contributed by atoms with Crippen molar-refractivity contribution in [1.29, 1.82) is 0 Å². The number of imidazole rings is 2. The molecule has 14 aromatic heterocycles. The molecular weight excluding hydrogens is 1700 g/mol. The summed E-state index contributed by atoms with van der Waals surface area (Å²) in [4.78, 5) is 83.6. The van der Waals surface area contributed by atoms with Crippen LogP contribution in [0, 0.1) is 43.7 Å². The number of amides is 3. The lowest BCUT2D eigenvalue weighted by Gasteiger charge is -2.12. The van der Waals surface area contributed by atoms with Gasteiger partial charge in [-0.2, -0.15) is 35.7 Å². The molecule has 0 unspecified atom stereocenters. The zero-order chi connectivity index (χ0) is 88.7. The number of aryl methyl sites for hydroxylation is 4. The monoisotopic (exact) mass is 1780 g/mol. The van der Waals surface area contributed by atoms with Gasteiger partial charge in [-0.25, -0.2) is 19.9 Å². The lowest BCUT2D eigenvalue weighted by Crippen LogP contribution is -2.12. The number of pyridine rings is 3. The number of aromatic nitrogens is 23. The highest BCUT2D eigenvalue weighted by Gasteiger charge is 2.20. The van der Waals surface area contributed by atoms with Crippen molar-refractivity contribution in [3.8, 4) is 91.5 Å². The van der Waals surface area contributed by atoms with Crippen LogP contribution < -0.4 is 26.4 Å². The highest BCUT2D eigenvalue weighted by molar-refractivity contribution is 9.10. The van der Waals surface area contributed by atoms with Gasteiger partial charge in [-0.1, -0.05) is 96.5 Å². The average Bonchev–Trinajstić information content (AvgIpc) is 1.65. The molecule has 0 radical (unpaired) electrons. The zero-order valence-corrected chi connectivity index (χ0v) is 70.9. The van der Waals surface area contributed by atoms with E-state index in [0.29, 0.717) is 103 Å². The van der Waals surface area contributed by atoms with Crippen molar-refractivity contribution in [2.24, 2.45) is 5.92 Å². The van der Waals surface area contributed by atoms with Crippen molar-refractivity contribution >= 4 is 106 Å². The molecule has 20 rings (SSSR count). The molecule has 0 atom stereocenters. The molecule has 3 amide bonds. The molecule has 0 aliphatic heterocycles. The number of para-hydroxylation sites is 5. The van der Waals surface area contributed by atoms with Gasteiger partial charge >= 0.3 is 0 Å². The summed E-state index contributed by atoms with van der Waals surface area (Å²) < 4.78 is 12.4. The number of nitro groups is 1. The van der Waals surface area contributed by atoms with Crippen molar-refractivity contribution in [3.05, 3.63) is 315 Å². The normalized spacial score (nSPS) is 10.6.